The summed E-state index contributed by atoms with van der Waals surface area (Å²) in [5, 5.41) is 0. The highest BCUT2D eigenvalue weighted by Gasteiger charge is 2.54. The van der Waals surface area contributed by atoms with Gasteiger partial charge in [-0.2, -0.15) is 0 Å². The molecule has 0 aliphatic heterocycles. The molecule has 0 spiro atoms. The Morgan fingerprint density at radius 1 is 1.00 bits per heavy atom. The van der Waals surface area contributed by atoms with Gasteiger partial charge in [-0.15, -0.1) is 0 Å². The third kappa shape index (κ3) is 3.23. The van der Waals surface area contributed by atoms with Gasteiger partial charge in [-0.1, -0.05) is 48.0 Å². The molecule has 0 heteroatoms. The Kier molecular flexibility index (Phi) is 4.26. The van der Waals surface area contributed by atoms with Crippen molar-refractivity contribution in [3.63, 3.8) is 0 Å². The fourth-order valence-corrected chi connectivity index (χ4v) is 3.65. The maximum Gasteiger partial charge on any atom is -0.0259 e. The van der Waals surface area contributed by atoms with Crippen LogP contribution in [-0.4, -0.2) is 0 Å². The van der Waals surface area contributed by atoms with E-state index in [1.807, 2.05) is 0 Å². The Morgan fingerprint density at radius 2 is 1.47 bits per heavy atom. The van der Waals surface area contributed by atoms with Crippen molar-refractivity contribution in [3.8, 4) is 0 Å². The van der Waals surface area contributed by atoms with Crippen LogP contribution in [0.2, 0.25) is 0 Å². The van der Waals surface area contributed by atoms with Gasteiger partial charge in [-0.25, -0.2) is 0 Å². The van der Waals surface area contributed by atoms with E-state index in [9.17, 15) is 0 Å². The molecule has 0 aromatic rings. The van der Waals surface area contributed by atoms with Crippen molar-refractivity contribution in [1.82, 2.24) is 0 Å². The van der Waals surface area contributed by atoms with Gasteiger partial charge >= 0.3 is 0 Å². The van der Waals surface area contributed by atoms with Crippen LogP contribution in [0.5, 0.6) is 0 Å². The van der Waals surface area contributed by atoms with Crippen molar-refractivity contribution in [2.24, 2.45) is 29.1 Å². The van der Waals surface area contributed by atoms with E-state index in [2.05, 4.69) is 41.5 Å². The predicted octanol–water partition coefficient (Wildman–Crippen LogP) is 5.13. The summed E-state index contributed by atoms with van der Waals surface area (Å²) in [6, 6.07) is 0. The largest absolute Gasteiger partial charge is 0.0651 e. The maximum atomic E-state index is 2.45. The van der Waals surface area contributed by atoms with Crippen molar-refractivity contribution in [1.29, 1.82) is 0 Å². The van der Waals surface area contributed by atoms with Crippen LogP contribution in [0.25, 0.3) is 0 Å². The van der Waals surface area contributed by atoms with Crippen LogP contribution < -0.4 is 0 Å². The fourth-order valence-electron chi connectivity index (χ4n) is 3.65. The smallest absolute Gasteiger partial charge is 0.0259 e. The Labute approximate surface area is 96.8 Å². The Morgan fingerprint density at radius 3 is 1.80 bits per heavy atom. The van der Waals surface area contributed by atoms with Crippen LogP contribution in [0.15, 0.2) is 0 Å². The summed E-state index contributed by atoms with van der Waals surface area (Å²) >= 11 is 0. The number of rotatable bonds is 6. The molecule has 1 fully saturated rings. The van der Waals surface area contributed by atoms with Gasteiger partial charge in [-0.3, -0.25) is 0 Å². The SMILES string of the molecule is CCC(C)C1CC1(CC(C)C)CC(C)C. The zero-order valence-electron chi connectivity index (χ0n) is 11.6. The molecule has 0 N–H and O–H groups in total. The second-order valence-corrected chi connectivity index (χ2v) is 6.75. The summed E-state index contributed by atoms with van der Waals surface area (Å²) in [6.07, 6.45) is 5.79. The molecule has 2 atom stereocenters. The van der Waals surface area contributed by atoms with Crippen LogP contribution >= 0.6 is 0 Å². The van der Waals surface area contributed by atoms with E-state index >= 15 is 0 Å². The van der Waals surface area contributed by atoms with E-state index in [1.165, 1.54) is 25.7 Å². The molecule has 0 radical (unpaired) electrons. The third-order valence-electron chi connectivity index (χ3n) is 4.21. The van der Waals surface area contributed by atoms with Gasteiger partial charge in [0.2, 0.25) is 0 Å². The lowest BCUT2D eigenvalue weighted by atomic mass is 9.81. The molecule has 0 nitrogen and oxygen atoms in total. The first-order chi connectivity index (χ1) is 6.91. The molecule has 0 bridgehead atoms. The van der Waals surface area contributed by atoms with Crippen molar-refractivity contribution >= 4 is 0 Å². The van der Waals surface area contributed by atoms with Gasteiger partial charge in [-0.05, 0) is 48.3 Å². The monoisotopic (exact) mass is 210 g/mol. The second-order valence-electron chi connectivity index (χ2n) is 6.75. The summed E-state index contributed by atoms with van der Waals surface area (Å²) in [5.74, 6) is 3.73. The minimum atomic E-state index is 0.734. The first-order valence-corrected chi connectivity index (χ1v) is 6.91. The Bertz CT molecular complexity index is 180. The van der Waals surface area contributed by atoms with E-state index in [4.69, 9.17) is 0 Å². The molecule has 1 rings (SSSR count). The van der Waals surface area contributed by atoms with E-state index in [-0.39, 0.29) is 0 Å². The van der Waals surface area contributed by atoms with E-state index in [0.29, 0.717) is 0 Å². The van der Waals surface area contributed by atoms with Crippen LogP contribution in [0.1, 0.15) is 67.2 Å². The molecule has 0 heterocycles. The van der Waals surface area contributed by atoms with E-state index in [0.717, 1.165) is 29.1 Å². The van der Waals surface area contributed by atoms with E-state index < -0.39 is 0 Å². The fraction of sp³-hybridized carbons (Fsp3) is 1.00. The first-order valence-electron chi connectivity index (χ1n) is 6.91. The molecular formula is C15H30. The first kappa shape index (κ1) is 13.1. The van der Waals surface area contributed by atoms with Gasteiger partial charge < -0.3 is 0 Å². The normalized spacial score (nSPS) is 26.0. The molecular weight excluding hydrogens is 180 g/mol. The Balaban J connectivity index is 2.58. The lowest BCUT2D eigenvalue weighted by Gasteiger charge is -2.24. The molecule has 1 aliphatic carbocycles. The van der Waals surface area contributed by atoms with E-state index in [1.54, 1.807) is 0 Å². The van der Waals surface area contributed by atoms with Gasteiger partial charge in [0, 0.05) is 0 Å². The minimum Gasteiger partial charge on any atom is -0.0651 e. The van der Waals surface area contributed by atoms with Crippen molar-refractivity contribution < 1.29 is 0 Å². The molecule has 1 aliphatic rings. The molecule has 15 heavy (non-hydrogen) atoms. The van der Waals surface area contributed by atoms with Crippen molar-refractivity contribution in [3.05, 3.63) is 0 Å². The zero-order valence-corrected chi connectivity index (χ0v) is 11.6. The van der Waals surface area contributed by atoms with Crippen molar-refractivity contribution in [2.75, 3.05) is 0 Å². The molecule has 0 aromatic heterocycles. The molecule has 1 saturated carbocycles. The van der Waals surface area contributed by atoms with Crippen molar-refractivity contribution in [2.45, 2.75) is 67.2 Å². The topological polar surface area (TPSA) is 0 Å². The Hall–Kier alpha value is 0. The lowest BCUT2D eigenvalue weighted by Crippen LogP contribution is -2.14. The van der Waals surface area contributed by atoms with Gasteiger partial charge in [0.05, 0.1) is 0 Å². The maximum absolute atomic E-state index is 2.45. The minimum absolute atomic E-state index is 0.734. The highest BCUT2D eigenvalue weighted by molar-refractivity contribution is 5.04. The third-order valence-corrected chi connectivity index (χ3v) is 4.21. The van der Waals surface area contributed by atoms with Crippen LogP contribution in [0.4, 0.5) is 0 Å². The van der Waals surface area contributed by atoms with Crippen LogP contribution in [-0.2, 0) is 0 Å². The number of hydrogen-bond donors (Lipinski definition) is 0. The second kappa shape index (κ2) is 4.89. The summed E-state index contributed by atoms with van der Waals surface area (Å²) in [5.41, 5.74) is 0.734. The highest BCUT2D eigenvalue weighted by atomic mass is 14.6. The molecule has 2 unspecified atom stereocenters. The summed E-state index contributed by atoms with van der Waals surface area (Å²) in [7, 11) is 0. The quantitative estimate of drug-likeness (QED) is 0.570. The molecule has 0 amide bonds. The predicted molar refractivity (Wildman–Crippen MR) is 68.9 cm³/mol. The summed E-state index contributed by atoms with van der Waals surface area (Å²) in [4.78, 5) is 0. The van der Waals surface area contributed by atoms with Gasteiger partial charge in [0.1, 0.15) is 0 Å². The number of hydrogen-bond acceptors (Lipinski definition) is 0. The lowest BCUT2D eigenvalue weighted by molar-refractivity contribution is 0.264. The summed E-state index contributed by atoms with van der Waals surface area (Å²) < 4.78 is 0. The zero-order chi connectivity index (χ0) is 11.6. The molecule has 0 aromatic carbocycles. The summed E-state index contributed by atoms with van der Waals surface area (Å²) in [6.45, 7) is 14.3. The standard InChI is InChI=1S/C15H30/c1-7-13(6)14-10-15(14,8-11(2)3)9-12(4)5/h11-14H,7-10H2,1-6H3. The highest BCUT2D eigenvalue weighted by Crippen LogP contribution is 2.63. The van der Waals surface area contributed by atoms with Crippen LogP contribution in [0.3, 0.4) is 0 Å². The average molecular weight is 210 g/mol. The van der Waals surface area contributed by atoms with Gasteiger partial charge in [0.15, 0.2) is 0 Å². The van der Waals surface area contributed by atoms with Gasteiger partial charge in [0.25, 0.3) is 0 Å². The molecule has 90 valence electrons. The van der Waals surface area contributed by atoms with Crippen LogP contribution in [0, 0.1) is 29.1 Å². The average Bonchev–Trinajstić information content (AvgIpc) is 2.75. The molecule has 0 saturated heterocycles.